The van der Waals surface area contributed by atoms with Crippen LogP contribution in [-0.2, 0) is 9.59 Å². The van der Waals surface area contributed by atoms with E-state index in [0.717, 1.165) is 64.7 Å². The molecule has 7 heteroatoms. The minimum atomic E-state index is 0.0302. The predicted molar refractivity (Wildman–Crippen MR) is 105 cm³/mol. The summed E-state index contributed by atoms with van der Waals surface area (Å²) in [5, 5.41) is 3.16. The molecular formula is C21H30N4O3. The number of rotatable bonds is 6. The van der Waals surface area contributed by atoms with Crippen LogP contribution in [0.5, 0.6) is 5.75 Å². The Morgan fingerprint density at radius 2 is 1.96 bits per heavy atom. The zero-order valence-corrected chi connectivity index (χ0v) is 16.4. The highest BCUT2D eigenvalue weighted by atomic mass is 16.5. The number of hydrogen-bond acceptors (Lipinski definition) is 5. The molecule has 0 bridgehead atoms. The molecule has 4 rings (SSSR count). The molecule has 1 atom stereocenters. The quantitative estimate of drug-likeness (QED) is 0.801. The van der Waals surface area contributed by atoms with E-state index in [-0.39, 0.29) is 24.3 Å². The summed E-state index contributed by atoms with van der Waals surface area (Å²) in [6.45, 7) is 3.51. The van der Waals surface area contributed by atoms with Gasteiger partial charge in [0.15, 0.2) is 6.61 Å². The van der Waals surface area contributed by atoms with Gasteiger partial charge in [0.1, 0.15) is 5.75 Å². The molecular weight excluding hydrogens is 356 g/mol. The Morgan fingerprint density at radius 3 is 2.68 bits per heavy atom. The number of aromatic nitrogens is 1. The summed E-state index contributed by atoms with van der Waals surface area (Å²) in [6, 6.07) is 4.51. The van der Waals surface area contributed by atoms with Gasteiger partial charge in [0, 0.05) is 37.9 Å². The first-order valence-corrected chi connectivity index (χ1v) is 10.5. The van der Waals surface area contributed by atoms with Crippen LogP contribution in [0.25, 0.3) is 0 Å². The Hall–Kier alpha value is -2.15. The molecule has 0 unspecified atom stereocenters. The molecule has 1 N–H and O–H groups in total. The first kappa shape index (κ1) is 19.2. The van der Waals surface area contributed by atoms with Crippen LogP contribution in [0.15, 0.2) is 24.5 Å². The molecule has 0 spiro atoms. The topological polar surface area (TPSA) is 74.8 Å². The standard InChI is InChI=1S/C21H30N4O3/c26-20(15-28-19-4-1-9-22-13-19)24-11-7-18(8-12-24)25-10-2-3-16(14-25)21(27)23-17-5-6-17/h1,4,9,13,16-18H,2-3,5-8,10-12,14-15H2,(H,23,27)/t16-/m1/s1. The molecule has 152 valence electrons. The van der Waals surface area contributed by atoms with Crippen LogP contribution >= 0.6 is 0 Å². The van der Waals surface area contributed by atoms with E-state index >= 15 is 0 Å². The third-order valence-electron chi connectivity index (χ3n) is 6.08. The largest absolute Gasteiger partial charge is 0.482 e. The van der Waals surface area contributed by atoms with E-state index in [1.165, 1.54) is 0 Å². The van der Waals surface area contributed by atoms with Crippen LogP contribution in [-0.4, -0.2) is 71.5 Å². The maximum Gasteiger partial charge on any atom is 0.260 e. The normalized spacial score (nSPS) is 24.0. The van der Waals surface area contributed by atoms with E-state index in [1.54, 1.807) is 24.5 Å². The molecule has 0 aromatic carbocycles. The van der Waals surface area contributed by atoms with Crippen molar-refractivity contribution in [2.45, 2.75) is 50.6 Å². The summed E-state index contributed by atoms with van der Waals surface area (Å²) < 4.78 is 5.53. The Bertz CT molecular complexity index is 671. The number of pyridine rings is 1. The Kier molecular flexibility index (Phi) is 6.10. The van der Waals surface area contributed by atoms with Gasteiger partial charge in [-0.25, -0.2) is 0 Å². The second kappa shape index (κ2) is 8.90. The fraction of sp³-hybridized carbons (Fsp3) is 0.667. The number of piperidine rings is 2. The van der Waals surface area contributed by atoms with Crippen LogP contribution in [0.1, 0.15) is 38.5 Å². The molecule has 1 aliphatic carbocycles. The van der Waals surface area contributed by atoms with E-state index in [0.29, 0.717) is 17.8 Å². The number of carbonyl (C=O) groups is 2. The van der Waals surface area contributed by atoms with E-state index in [9.17, 15) is 9.59 Å². The average molecular weight is 386 g/mol. The van der Waals surface area contributed by atoms with Crippen LogP contribution in [0, 0.1) is 5.92 Å². The molecule has 7 nitrogen and oxygen atoms in total. The molecule has 0 radical (unpaired) electrons. The number of nitrogens with zero attached hydrogens (tertiary/aromatic N) is 3. The van der Waals surface area contributed by atoms with Gasteiger partial charge in [-0.3, -0.25) is 19.5 Å². The maximum absolute atomic E-state index is 12.4. The smallest absolute Gasteiger partial charge is 0.260 e. The van der Waals surface area contributed by atoms with Gasteiger partial charge in [-0.15, -0.1) is 0 Å². The first-order valence-electron chi connectivity index (χ1n) is 10.5. The molecule has 2 amide bonds. The highest BCUT2D eigenvalue weighted by molar-refractivity contribution is 5.79. The number of hydrogen-bond donors (Lipinski definition) is 1. The molecule has 28 heavy (non-hydrogen) atoms. The van der Waals surface area contributed by atoms with Crippen molar-refractivity contribution in [3.8, 4) is 5.75 Å². The summed E-state index contributed by atoms with van der Waals surface area (Å²) in [4.78, 5) is 33.2. The van der Waals surface area contributed by atoms with Crippen molar-refractivity contribution in [1.29, 1.82) is 0 Å². The van der Waals surface area contributed by atoms with E-state index < -0.39 is 0 Å². The summed E-state index contributed by atoms with van der Waals surface area (Å²) >= 11 is 0. The van der Waals surface area contributed by atoms with Gasteiger partial charge in [-0.2, -0.15) is 0 Å². The molecule has 2 aliphatic heterocycles. The van der Waals surface area contributed by atoms with Crippen molar-refractivity contribution in [1.82, 2.24) is 20.1 Å². The van der Waals surface area contributed by atoms with E-state index in [1.807, 2.05) is 4.90 Å². The third kappa shape index (κ3) is 5.01. The van der Waals surface area contributed by atoms with Gasteiger partial charge >= 0.3 is 0 Å². The van der Waals surface area contributed by atoms with Gasteiger partial charge in [0.05, 0.1) is 12.1 Å². The van der Waals surface area contributed by atoms with Crippen LogP contribution < -0.4 is 10.1 Å². The van der Waals surface area contributed by atoms with E-state index in [2.05, 4.69) is 15.2 Å². The number of carbonyl (C=O) groups excluding carboxylic acids is 2. The second-order valence-corrected chi connectivity index (χ2v) is 8.21. The number of nitrogens with one attached hydrogen (secondary N) is 1. The summed E-state index contributed by atoms with van der Waals surface area (Å²) in [5.74, 6) is 1.02. The summed E-state index contributed by atoms with van der Waals surface area (Å²) in [5.41, 5.74) is 0. The van der Waals surface area contributed by atoms with Crippen molar-refractivity contribution in [3.05, 3.63) is 24.5 Å². The molecule has 1 aromatic heterocycles. The molecule has 3 aliphatic rings. The van der Waals surface area contributed by atoms with Crippen molar-refractivity contribution in [3.63, 3.8) is 0 Å². The molecule has 1 saturated carbocycles. The average Bonchev–Trinajstić information content (AvgIpc) is 3.57. The summed E-state index contributed by atoms with van der Waals surface area (Å²) in [7, 11) is 0. The minimum absolute atomic E-state index is 0.0302. The SMILES string of the molecule is O=C(NC1CC1)[C@@H]1CCCN(C2CCN(C(=O)COc3cccnc3)CC2)C1. The highest BCUT2D eigenvalue weighted by Gasteiger charge is 2.34. The fourth-order valence-corrected chi connectivity index (χ4v) is 4.25. The Balaban J connectivity index is 1.21. The minimum Gasteiger partial charge on any atom is -0.482 e. The lowest BCUT2D eigenvalue weighted by atomic mass is 9.93. The second-order valence-electron chi connectivity index (χ2n) is 8.21. The van der Waals surface area contributed by atoms with Gasteiger partial charge in [-0.1, -0.05) is 0 Å². The van der Waals surface area contributed by atoms with Crippen molar-refractivity contribution < 1.29 is 14.3 Å². The fourth-order valence-electron chi connectivity index (χ4n) is 4.25. The maximum atomic E-state index is 12.4. The van der Waals surface area contributed by atoms with Crippen LogP contribution in [0.4, 0.5) is 0 Å². The zero-order chi connectivity index (χ0) is 19.3. The lowest BCUT2D eigenvalue weighted by Gasteiger charge is -2.42. The van der Waals surface area contributed by atoms with Gasteiger partial charge in [0.2, 0.25) is 5.91 Å². The molecule has 2 saturated heterocycles. The van der Waals surface area contributed by atoms with Crippen molar-refractivity contribution in [2.75, 3.05) is 32.8 Å². The first-order chi connectivity index (χ1) is 13.7. The van der Waals surface area contributed by atoms with Crippen molar-refractivity contribution >= 4 is 11.8 Å². The Labute approximate surface area is 166 Å². The van der Waals surface area contributed by atoms with Gasteiger partial charge in [-0.05, 0) is 57.2 Å². The highest BCUT2D eigenvalue weighted by Crippen LogP contribution is 2.26. The number of likely N-dealkylation sites (tertiary alicyclic amines) is 2. The molecule has 1 aromatic rings. The molecule has 3 fully saturated rings. The van der Waals surface area contributed by atoms with Crippen LogP contribution in [0.3, 0.4) is 0 Å². The lowest BCUT2D eigenvalue weighted by molar-refractivity contribution is -0.135. The van der Waals surface area contributed by atoms with Gasteiger partial charge < -0.3 is 15.0 Å². The van der Waals surface area contributed by atoms with Crippen molar-refractivity contribution in [2.24, 2.45) is 5.92 Å². The predicted octanol–water partition coefficient (Wildman–Crippen LogP) is 1.44. The van der Waals surface area contributed by atoms with Crippen LogP contribution in [0.2, 0.25) is 0 Å². The summed E-state index contributed by atoms with van der Waals surface area (Å²) in [6.07, 6.45) is 9.59. The lowest BCUT2D eigenvalue weighted by Crippen LogP contribution is -2.52. The number of amides is 2. The van der Waals surface area contributed by atoms with E-state index in [4.69, 9.17) is 4.74 Å². The monoisotopic (exact) mass is 386 g/mol. The zero-order valence-electron chi connectivity index (χ0n) is 16.4. The number of ether oxygens (including phenoxy) is 1. The van der Waals surface area contributed by atoms with Gasteiger partial charge in [0.25, 0.3) is 5.91 Å². The molecule has 3 heterocycles. The Morgan fingerprint density at radius 1 is 1.14 bits per heavy atom. The third-order valence-corrected chi connectivity index (χ3v) is 6.08.